The van der Waals surface area contributed by atoms with Gasteiger partial charge in [-0.25, -0.2) is 13.4 Å². The molecule has 1 saturated heterocycles. The molecule has 1 fully saturated rings. The Balaban J connectivity index is 1.60. The molecule has 0 bridgehead atoms. The van der Waals surface area contributed by atoms with Crippen LogP contribution in [0.1, 0.15) is 29.3 Å². The smallest absolute Gasteiger partial charge is 0.258 e. The minimum Gasteiger partial charge on any atom is -0.353 e. The van der Waals surface area contributed by atoms with Crippen molar-refractivity contribution < 1.29 is 13.2 Å². The quantitative estimate of drug-likeness (QED) is 0.808. The molecule has 0 saturated carbocycles. The highest BCUT2D eigenvalue weighted by Crippen LogP contribution is 2.30. The number of carbonyl (C=O) groups is 1. The summed E-state index contributed by atoms with van der Waals surface area (Å²) in [5.74, 6) is 0.994. The van der Waals surface area contributed by atoms with Gasteiger partial charge in [0.1, 0.15) is 5.82 Å². The number of pyridine rings is 1. The number of anilines is 2. The van der Waals surface area contributed by atoms with Gasteiger partial charge in [0.2, 0.25) is 0 Å². The van der Waals surface area contributed by atoms with Crippen molar-refractivity contribution >= 4 is 27.2 Å². The summed E-state index contributed by atoms with van der Waals surface area (Å²) in [5.41, 5.74) is 2.73. The van der Waals surface area contributed by atoms with Crippen molar-refractivity contribution in [3.63, 3.8) is 0 Å². The molecule has 0 aliphatic carbocycles. The van der Waals surface area contributed by atoms with E-state index in [0.717, 1.165) is 12.1 Å². The molecule has 7 heteroatoms. The number of rotatable bonds is 4. The maximum Gasteiger partial charge on any atom is 0.258 e. The van der Waals surface area contributed by atoms with Crippen LogP contribution < -0.4 is 9.80 Å². The molecule has 0 N–H and O–H groups in total. The number of fused-ring (bicyclic) bond motifs is 1. The van der Waals surface area contributed by atoms with E-state index in [1.807, 2.05) is 34.9 Å². The number of aromatic nitrogens is 1. The molecule has 1 aromatic carbocycles. The standard InChI is InChI=1S/C20H23N3O3S/c1-2-22(17-9-12-27(25,26)14-17)19-13-16(7-10-21-19)20(24)23-11-8-15-5-3-4-6-18(15)23/h3-7,10,13,17H,2,8-9,11-12,14H2,1H3. The van der Waals surface area contributed by atoms with Gasteiger partial charge in [0.05, 0.1) is 11.5 Å². The van der Waals surface area contributed by atoms with Crippen LogP contribution >= 0.6 is 0 Å². The second kappa shape index (κ2) is 6.96. The van der Waals surface area contributed by atoms with Crippen LogP contribution in [0.5, 0.6) is 0 Å². The largest absolute Gasteiger partial charge is 0.353 e. The summed E-state index contributed by atoms with van der Waals surface area (Å²) in [7, 11) is -2.98. The fourth-order valence-electron chi connectivity index (χ4n) is 4.04. The van der Waals surface area contributed by atoms with Crippen molar-refractivity contribution in [3.05, 3.63) is 53.7 Å². The summed E-state index contributed by atoms with van der Waals surface area (Å²) in [6, 6.07) is 11.4. The number of carbonyl (C=O) groups excluding carboxylic acids is 1. The van der Waals surface area contributed by atoms with Crippen LogP contribution in [0.2, 0.25) is 0 Å². The van der Waals surface area contributed by atoms with Gasteiger partial charge >= 0.3 is 0 Å². The van der Waals surface area contributed by atoms with Crippen LogP contribution in [-0.4, -0.2) is 49.9 Å². The van der Waals surface area contributed by atoms with Gasteiger partial charge in [0.25, 0.3) is 5.91 Å². The van der Waals surface area contributed by atoms with Gasteiger partial charge in [-0.15, -0.1) is 0 Å². The molecule has 2 aliphatic heterocycles. The van der Waals surface area contributed by atoms with Gasteiger partial charge in [-0.05, 0) is 43.5 Å². The summed E-state index contributed by atoms with van der Waals surface area (Å²) < 4.78 is 23.7. The van der Waals surface area contributed by atoms with E-state index in [1.54, 1.807) is 18.3 Å². The van der Waals surface area contributed by atoms with E-state index in [0.29, 0.717) is 30.9 Å². The molecule has 1 unspecified atom stereocenters. The first-order valence-electron chi connectivity index (χ1n) is 9.31. The fraction of sp³-hybridized carbons (Fsp3) is 0.400. The highest BCUT2D eigenvalue weighted by molar-refractivity contribution is 7.91. The highest BCUT2D eigenvalue weighted by Gasteiger charge is 2.33. The van der Waals surface area contributed by atoms with Gasteiger partial charge in [0.15, 0.2) is 9.84 Å². The zero-order valence-electron chi connectivity index (χ0n) is 15.3. The topological polar surface area (TPSA) is 70.6 Å². The van der Waals surface area contributed by atoms with Crippen LogP contribution in [-0.2, 0) is 16.3 Å². The van der Waals surface area contributed by atoms with Gasteiger partial charge in [-0.3, -0.25) is 4.79 Å². The lowest BCUT2D eigenvalue weighted by molar-refractivity contribution is 0.0989. The first-order chi connectivity index (χ1) is 13.0. The zero-order valence-corrected chi connectivity index (χ0v) is 16.2. The maximum atomic E-state index is 13.1. The Kier molecular flexibility index (Phi) is 4.63. The Labute approximate surface area is 159 Å². The molecule has 3 heterocycles. The zero-order chi connectivity index (χ0) is 19.0. The van der Waals surface area contributed by atoms with Crippen molar-refractivity contribution in [2.24, 2.45) is 0 Å². The Bertz CT molecular complexity index is 974. The molecule has 27 heavy (non-hydrogen) atoms. The van der Waals surface area contributed by atoms with E-state index in [4.69, 9.17) is 0 Å². The number of hydrogen-bond donors (Lipinski definition) is 0. The van der Waals surface area contributed by atoms with Gasteiger partial charge in [0, 0.05) is 36.6 Å². The van der Waals surface area contributed by atoms with Crippen molar-refractivity contribution in [3.8, 4) is 0 Å². The lowest BCUT2D eigenvalue weighted by Gasteiger charge is -2.28. The van der Waals surface area contributed by atoms with E-state index in [-0.39, 0.29) is 23.5 Å². The molecule has 1 amide bonds. The van der Waals surface area contributed by atoms with Crippen molar-refractivity contribution in [2.75, 3.05) is 34.4 Å². The number of benzene rings is 1. The summed E-state index contributed by atoms with van der Waals surface area (Å²) in [6.45, 7) is 3.31. The molecule has 142 valence electrons. The van der Waals surface area contributed by atoms with Gasteiger partial charge in [-0.2, -0.15) is 0 Å². The van der Waals surface area contributed by atoms with E-state index >= 15 is 0 Å². The third-order valence-corrected chi connectivity index (χ3v) is 7.16. The highest BCUT2D eigenvalue weighted by atomic mass is 32.2. The van der Waals surface area contributed by atoms with Gasteiger partial charge in [-0.1, -0.05) is 18.2 Å². The molecule has 0 radical (unpaired) electrons. The Morgan fingerprint density at radius 3 is 2.85 bits per heavy atom. The third kappa shape index (κ3) is 3.43. The molecule has 0 spiro atoms. The second-order valence-electron chi connectivity index (χ2n) is 7.08. The van der Waals surface area contributed by atoms with E-state index in [1.165, 1.54) is 5.56 Å². The molecule has 4 rings (SSSR count). The molecular weight excluding hydrogens is 362 g/mol. The first-order valence-corrected chi connectivity index (χ1v) is 11.1. The van der Waals surface area contributed by atoms with E-state index in [2.05, 4.69) is 11.1 Å². The molecule has 6 nitrogen and oxygen atoms in total. The van der Waals surface area contributed by atoms with Gasteiger partial charge < -0.3 is 9.80 Å². The Morgan fingerprint density at radius 1 is 1.30 bits per heavy atom. The fourth-order valence-corrected chi connectivity index (χ4v) is 5.77. The molecular formula is C20H23N3O3S. The molecule has 1 aromatic heterocycles. The minimum atomic E-state index is -2.98. The predicted octanol–water partition coefficient (Wildman–Crippen LogP) is 2.30. The minimum absolute atomic E-state index is 0.0429. The third-order valence-electron chi connectivity index (χ3n) is 5.41. The van der Waals surface area contributed by atoms with Crippen LogP contribution in [0.4, 0.5) is 11.5 Å². The van der Waals surface area contributed by atoms with Crippen LogP contribution in [0.3, 0.4) is 0 Å². The lowest BCUT2D eigenvalue weighted by Crippen LogP contribution is -2.37. The average Bonchev–Trinajstić information content (AvgIpc) is 3.25. The number of para-hydroxylation sites is 1. The average molecular weight is 385 g/mol. The number of nitrogens with zero attached hydrogens (tertiary/aromatic N) is 3. The number of sulfone groups is 1. The van der Waals surface area contributed by atoms with Crippen molar-refractivity contribution in [1.29, 1.82) is 0 Å². The summed E-state index contributed by atoms with van der Waals surface area (Å²) in [5, 5.41) is 0. The summed E-state index contributed by atoms with van der Waals surface area (Å²) in [4.78, 5) is 21.3. The van der Waals surface area contributed by atoms with Crippen molar-refractivity contribution in [1.82, 2.24) is 4.98 Å². The summed E-state index contributed by atoms with van der Waals surface area (Å²) >= 11 is 0. The number of amides is 1. The van der Waals surface area contributed by atoms with Crippen LogP contribution in [0.25, 0.3) is 0 Å². The molecule has 2 aromatic rings. The van der Waals surface area contributed by atoms with Crippen LogP contribution in [0.15, 0.2) is 42.6 Å². The monoisotopic (exact) mass is 385 g/mol. The Hall–Kier alpha value is -2.41. The van der Waals surface area contributed by atoms with E-state index < -0.39 is 9.84 Å². The predicted molar refractivity (Wildman–Crippen MR) is 106 cm³/mol. The maximum absolute atomic E-state index is 13.1. The normalized spacial score (nSPS) is 20.5. The second-order valence-corrected chi connectivity index (χ2v) is 9.31. The van der Waals surface area contributed by atoms with Crippen molar-refractivity contribution in [2.45, 2.75) is 25.8 Å². The van der Waals surface area contributed by atoms with E-state index in [9.17, 15) is 13.2 Å². The SMILES string of the molecule is CCN(c1cc(C(=O)N2CCc3ccccc32)ccn1)C1CCS(=O)(=O)C1. The first kappa shape index (κ1) is 18.0. The molecule has 2 aliphatic rings. The lowest BCUT2D eigenvalue weighted by atomic mass is 10.1. The summed E-state index contributed by atoms with van der Waals surface area (Å²) in [6.07, 6.45) is 3.10. The molecule has 1 atom stereocenters. The number of hydrogen-bond acceptors (Lipinski definition) is 5. The Morgan fingerprint density at radius 2 is 2.11 bits per heavy atom. The van der Waals surface area contributed by atoms with Crippen LogP contribution in [0, 0.1) is 0 Å².